The number of allylic oxidation sites excluding steroid dienone is 1. The molecule has 2 fully saturated rings. The Bertz CT molecular complexity index is 524. The molecule has 1 heterocycles. The molecule has 7 N–H and O–H groups in total. The van der Waals surface area contributed by atoms with Gasteiger partial charge in [-0.2, -0.15) is 0 Å². The molecule has 1 saturated heterocycles. The average Bonchev–Trinajstić information content (AvgIpc) is 2.63. The zero-order valence-electron chi connectivity index (χ0n) is 16.5. The van der Waals surface area contributed by atoms with Gasteiger partial charge >= 0.3 is 0 Å². The van der Waals surface area contributed by atoms with E-state index in [1.54, 1.807) is 6.08 Å². The summed E-state index contributed by atoms with van der Waals surface area (Å²) >= 11 is 0. The van der Waals surface area contributed by atoms with Crippen LogP contribution in [0.2, 0.25) is 0 Å². The maximum Gasteiger partial charge on any atom is 0.187 e. The molecule has 2 rings (SSSR count). The van der Waals surface area contributed by atoms with Gasteiger partial charge in [0.2, 0.25) is 0 Å². The summed E-state index contributed by atoms with van der Waals surface area (Å²) in [5.74, 6) is -0.375. The van der Waals surface area contributed by atoms with Crippen molar-refractivity contribution >= 4 is 0 Å². The summed E-state index contributed by atoms with van der Waals surface area (Å²) in [6.45, 7) is 4.86. The van der Waals surface area contributed by atoms with Crippen LogP contribution >= 0.6 is 0 Å². The molecule has 164 valence electrons. The second-order valence-corrected chi connectivity index (χ2v) is 8.58. The van der Waals surface area contributed by atoms with Gasteiger partial charge in [0, 0.05) is 0 Å². The number of rotatable bonds is 6. The Balaban J connectivity index is 2.18. The molecule has 1 unspecified atom stereocenters. The summed E-state index contributed by atoms with van der Waals surface area (Å²) in [5, 5.41) is 68.6. The molecule has 0 amide bonds. The summed E-state index contributed by atoms with van der Waals surface area (Å²) < 4.78 is 11.2. The minimum absolute atomic E-state index is 0.119. The van der Waals surface area contributed by atoms with Crippen LogP contribution in [0.5, 0.6) is 0 Å². The van der Waals surface area contributed by atoms with Crippen molar-refractivity contribution in [3.8, 4) is 0 Å². The molecule has 2 aliphatic rings. The van der Waals surface area contributed by atoms with Crippen molar-refractivity contribution < 1.29 is 45.2 Å². The summed E-state index contributed by atoms with van der Waals surface area (Å²) in [7, 11) is 0. The van der Waals surface area contributed by atoms with E-state index in [0.717, 1.165) is 0 Å². The third-order valence-corrected chi connectivity index (χ3v) is 5.97. The monoisotopic (exact) mass is 406 g/mol. The van der Waals surface area contributed by atoms with Crippen LogP contribution in [-0.4, -0.2) is 98.0 Å². The second kappa shape index (κ2) is 9.46. The molecule has 1 saturated carbocycles. The Hall–Kier alpha value is -0.620. The average molecular weight is 406 g/mol. The van der Waals surface area contributed by atoms with Crippen molar-refractivity contribution in [2.24, 2.45) is 17.3 Å². The highest BCUT2D eigenvalue weighted by atomic mass is 16.7. The Morgan fingerprint density at radius 1 is 1.11 bits per heavy atom. The van der Waals surface area contributed by atoms with E-state index in [1.807, 2.05) is 20.8 Å². The van der Waals surface area contributed by atoms with Gasteiger partial charge in [0.1, 0.15) is 24.4 Å². The van der Waals surface area contributed by atoms with Gasteiger partial charge in [0.15, 0.2) is 6.29 Å². The number of hydrogen-bond acceptors (Lipinski definition) is 9. The van der Waals surface area contributed by atoms with E-state index >= 15 is 0 Å². The predicted octanol–water partition coefficient (Wildman–Crippen LogP) is -1.88. The lowest BCUT2D eigenvalue weighted by Gasteiger charge is -2.50. The molecule has 0 aromatic carbocycles. The fraction of sp³-hybridized carbons (Fsp3) is 0.895. The van der Waals surface area contributed by atoms with Gasteiger partial charge in [-0.25, -0.2) is 0 Å². The topological polar surface area (TPSA) is 160 Å². The summed E-state index contributed by atoms with van der Waals surface area (Å²) in [4.78, 5) is 0. The quantitative estimate of drug-likeness (QED) is 0.251. The number of aliphatic hydroxyl groups excluding tert-OH is 7. The molecule has 10 atom stereocenters. The first-order valence-electron chi connectivity index (χ1n) is 9.64. The number of aliphatic hydroxyl groups is 7. The van der Waals surface area contributed by atoms with Gasteiger partial charge in [-0.05, 0) is 23.7 Å². The molecule has 0 spiro atoms. The van der Waals surface area contributed by atoms with Crippen molar-refractivity contribution in [2.75, 3.05) is 13.2 Å². The molecule has 28 heavy (non-hydrogen) atoms. The molecule has 0 aromatic heterocycles. The summed E-state index contributed by atoms with van der Waals surface area (Å²) in [5.41, 5.74) is -0.320. The Morgan fingerprint density at radius 2 is 1.75 bits per heavy atom. The lowest BCUT2D eigenvalue weighted by molar-refractivity contribution is -0.326. The maximum absolute atomic E-state index is 10.6. The lowest BCUT2D eigenvalue weighted by atomic mass is 9.62. The van der Waals surface area contributed by atoms with Gasteiger partial charge in [-0.3, -0.25) is 0 Å². The highest BCUT2D eigenvalue weighted by Gasteiger charge is 2.50. The van der Waals surface area contributed by atoms with Crippen molar-refractivity contribution in [1.29, 1.82) is 0 Å². The second-order valence-electron chi connectivity index (χ2n) is 8.58. The molecular weight excluding hydrogens is 372 g/mol. The van der Waals surface area contributed by atoms with E-state index in [2.05, 4.69) is 0 Å². The first-order valence-corrected chi connectivity index (χ1v) is 9.64. The van der Waals surface area contributed by atoms with Gasteiger partial charge in [0.05, 0.1) is 31.5 Å². The first-order chi connectivity index (χ1) is 13.0. The van der Waals surface area contributed by atoms with Crippen LogP contribution in [0.3, 0.4) is 0 Å². The SMILES string of the molecule is C[C@H]1C(O[C@@H]2O[C@H](CO)[C@@H](O)[C@H](O)[C@H]2O)[C@H](O)CC(C)(C)[C@@H]1C=C[C@H](O)CO. The first kappa shape index (κ1) is 23.7. The van der Waals surface area contributed by atoms with Gasteiger partial charge < -0.3 is 45.2 Å². The Morgan fingerprint density at radius 3 is 2.32 bits per heavy atom. The summed E-state index contributed by atoms with van der Waals surface area (Å²) in [6.07, 6.45) is -5.94. The van der Waals surface area contributed by atoms with Crippen molar-refractivity contribution in [3.05, 3.63) is 12.2 Å². The lowest BCUT2D eigenvalue weighted by Crippen LogP contribution is -2.61. The molecule has 9 nitrogen and oxygen atoms in total. The minimum Gasteiger partial charge on any atom is -0.394 e. The fourth-order valence-corrected chi connectivity index (χ4v) is 4.35. The molecule has 9 heteroatoms. The third-order valence-electron chi connectivity index (χ3n) is 5.97. The molecule has 0 bridgehead atoms. The van der Waals surface area contributed by atoms with Gasteiger partial charge in [-0.1, -0.05) is 32.9 Å². The van der Waals surface area contributed by atoms with E-state index < -0.39 is 62.2 Å². The van der Waals surface area contributed by atoms with Gasteiger partial charge in [0.25, 0.3) is 0 Å². The largest absolute Gasteiger partial charge is 0.394 e. The predicted molar refractivity (Wildman–Crippen MR) is 97.9 cm³/mol. The van der Waals surface area contributed by atoms with E-state index in [0.29, 0.717) is 6.42 Å². The zero-order valence-corrected chi connectivity index (χ0v) is 16.5. The maximum atomic E-state index is 10.6. The zero-order chi connectivity index (χ0) is 21.2. The van der Waals surface area contributed by atoms with Crippen LogP contribution in [0.4, 0.5) is 0 Å². The van der Waals surface area contributed by atoms with Crippen LogP contribution in [0.15, 0.2) is 12.2 Å². The molecule has 0 radical (unpaired) electrons. The normalized spacial score (nSPS) is 45.3. The highest BCUT2D eigenvalue weighted by Crippen LogP contribution is 2.46. The Kier molecular flexibility index (Phi) is 7.99. The molecule has 1 aliphatic carbocycles. The van der Waals surface area contributed by atoms with Crippen LogP contribution in [0.25, 0.3) is 0 Å². The smallest absolute Gasteiger partial charge is 0.187 e. The van der Waals surface area contributed by atoms with Crippen LogP contribution in [0.1, 0.15) is 27.2 Å². The molecular formula is C19H34O9. The summed E-state index contributed by atoms with van der Waals surface area (Å²) in [6, 6.07) is 0. The van der Waals surface area contributed by atoms with E-state index in [-0.39, 0.29) is 17.3 Å². The third kappa shape index (κ3) is 4.92. The van der Waals surface area contributed by atoms with E-state index in [4.69, 9.17) is 14.6 Å². The molecule has 1 aliphatic heterocycles. The van der Waals surface area contributed by atoms with Crippen LogP contribution < -0.4 is 0 Å². The number of hydrogen-bond donors (Lipinski definition) is 7. The standard InChI is InChI=1S/C19H34O9/c1-9-11(5-4-10(22)7-20)19(2,3)6-12(23)17(9)28-18-16(26)15(25)14(24)13(8-21)27-18/h4-5,9-18,20-26H,6-8H2,1-3H3/t9-,10+,11-,12-,13-,14-,15+,16-,17?,18+/m1/s1. The Labute approximate surface area is 164 Å². The molecule has 0 aromatic rings. The van der Waals surface area contributed by atoms with Crippen molar-refractivity contribution in [2.45, 2.75) is 76.2 Å². The van der Waals surface area contributed by atoms with E-state index in [9.17, 15) is 30.6 Å². The highest BCUT2D eigenvalue weighted by molar-refractivity contribution is 5.06. The van der Waals surface area contributed by atoms with Crippen molar-refractivity contribution in [3.63, 3.8) is 0 Å². The van der Waals surface area contributed by atoms with Gasteiger partial charge in [-0.15, -0.1) is 0 Å². The van der Waals surface area contributed by atoms with Crippen molar-refractivity contribution in [1.82, 2.24) is 0 Å². The van der Waals surface area contributed by atoms with E-state index in [1.165, 1.54) is 6.08 Å². The fourth-order valence-electron chi connectivity index (χ4n) is 4.35. The van der Waals surface area contributed by atoms with Crippen LogP contribution in [-0.2, 0) is 9.47 Å². The number of ether oxygens (including phenoxy) is 2. The minimum atomic E-state index is -1.56. The van der Waals surface area contributed by atoms with Crippen LogP contribution in [0, 0.1) is 17.3 Å².